The Hall–Kier alpha value is -2.31. The van der Waals surface area contributed by atoms with Crippen molar-refractivity contribution in [2.24, 2.45) is 0 Å². The molecule has 0 amide bonds. The maximum absolute atomic E-state index is 13.0. The fraction of sp³-hybridized carbons (Fsp3) is 0.545. The average Bonchev–Trinajstić information content (AvgIpc) is 3.28. The fourth-order valence-corrected chi connectivity index (χ4v) is 7.85. The molecule has 0 aliphatic carbocycles. The second-order valence-electron chi connectivity index (χ2n) is 8.85. The van der Waals surface area contributed by atoms with Gasteiger partial charge in [-0.1, -0.05) is 0 Å². The summed E-state index contributed by atoms with van der Waals surface area (Å²) in [5.41, 5.74) is -2.23. The number of hydrogen-bond donors (Lipinski definition) is 3. The van der Waals surface area contributed by atoms with E-state index in [1.807, 2.05) is 0 Å². The first-order chi connectivity index (χ1) is 17.2. The summed E-state index contributed by atoms with van der Waals surface area (Å²) >= 11 is 0. The van der Waals surface area contributed by atoms with Gasteiger partial charge in [0.15, 0.2) is 0 Å². The molecule has 1 aromatic carbocycles. The first-order valence-corrected chi connectivity index (χ1v) is 16.3. The third-order valence-corrected chi connectivity index (χ3v) is 13.4. The van der Waals surface area contributed by atoms with Crippen LogP contribution in [-0.2, 0) is 26.4 Å². The van der Waals surface area contributed by atoms with Crippen LogP contribution in [0.1, 0.15) is 12.8 Å². The molecule has 14 heteroatoms. The predicted molar refractivity (Wildman–Crippen MR) is 138 cm³/mol. The lowest BCUT2D eigenvalue weighted by Gasteiger charge is -2.24. The lowest BCUT2D eigenvalue weighted by atomic mass is 10.1. The summed E-state index contributed by atoms with van der Waals surface area (Å²) in [7, 11) is -1.24. The molecule has 2 heterocycles. The maximum Gasteiger partial charge on any atom is 0.364 e. The first kappa shape index (κ1) is 28.3. The minimum absolute atomic E-state index is 0.0542. The molecule has 12 nitrogen and oxygen atoms in total. The van der Waals surface area contributed by atoms with E-state index in [1.54, 1.807) is 0 Å². The molecule has 0 aliphatic heterocycles. The van der Waals surface area contributed by atoms with Gasteiger partial charge in [0.2, 0.25) is 8.32 Å². The Morgan fingerprint density at radius 1 is 0.639 bits per heavy atom. The van der Waals surface area contributed by atoms with E-state index in [0.717, 1.165) is 9.13 Å². The monoisotopic (exact) mass is 540 g/mol. The lowest BCUT2D eigenvalue weighted by molar-refractivity contribution is 0.195. The Morgan fingerprint density at radius 2 is 1.03 bits per heavy atom. The first-order valence-electron chi connectivity index (χ1n) is 11.6. The molecular weight excluding hydrogens is 508 g/mol. The molecule has 0 atom stereocenters. The largest absolute Gasteiger partial charge is 0.415 e. The minimum Gasteiger partial charge on any atom is -0.415 e. The molecule has 0 saturated carbocycles. The van der Waals surface area contributed by atoms with E-state index < -0.39 is 39.1 Å². The smallest absolute Gasteiger partial charge is 0.364 e. The summed E-state index contributed by atoms with van der Waals surface area (Å²) in [5, 5.41) is 28.9. The van der Waals surface area contributed by atoms with E-state index in [-0.39, 0.29) is 53.3 Å². The summed E-state index contributed by atoms with van der Waals surface area (Å²) < 4.78 is 18.1. The minimum atomic E-state index is -2.81. The molecule has 2 aromatic heterocycles. The molecular formula is C22H32N2O10Si2. The zero-order chi connectivity index (χ0) is 26.7. The number of rotatable bonds is 14. The third kappa shape index (κ3) is 4.95. The van der Waals surface area contributed by atoms with Crippen LogP contribution in [-0.4, -0.2) is 81.4 Å². The Balaban J connectivity index is 1.91. The van der Waals surface area contributed by atoms with Crippen molar-refractivity contribution in [2.75, 3.05) is 40.0 Å². The van der Waals surface area contributed by atoms with Crippen molar-refractivity contribution in [1.29, 1.82) is 0 Å². The van der Waals surface area contributed by atoms with Crippen LogP contribution in [0, 0.1) is 0 Å². The van der Waals surface area contributed by atoms with Crippen molar-refractivity contribution in [3.05, 3.63) is 53.5 Å². The number of nitrogens with zero attached hydrogens (tertiary/aromatic N) is 2. The summed E-state index contributed by atoms with van der Waals surface area (Å²) in [6.45, 7) is 0.131. The van der Waals surface area contributed by atoms with Crippen molar-refractivity contribution in [2.45, 2.75) is 38.0 Å². The van der Waals surface area contributed by atoms with Gasteiger partial charge in [-0.25, -0.2) is 0 Å². The van der Waals surface area contributed by atoms with E-state index in [9.17, 15) is 34.5 Å². The van der Waals surface area contributed by atoms with Gasteiger partial charge in [-0.3, -0.25) is 28.3 Å². The Kier molecular flexibility index (Phi) is 8.94. The summed E-state index contributed by atoms with van der Waals surface area (Å²) in [4.78, 5) is 51.8. The van der Waals surface area contributed by atoms with Crippen molar-refractivity contribution in [3.8, 4) is 0 Å². The highest BCUT2D eigenvalue weighted by atomic mass is 28.4. The van der Waals surface area contributed by atoms with Crippen LogP contribution >= 0.6 is 0 Å². The Bertz CT molecular complexity index is 1220. The number of fused-ring (bicyclic) bond motifs is 2. The molecule has 0 saturated heterocycles. The molecule has 0 spiro atoms. The second-order valence-corrected chi connectivity index (χ2v) is 16.2. The number of aliphatic hydroxyl groups is 3. The van der Waals surface area contributed by atoms with Crippen LogP contribution in [0.3, 0.4) is 0 Å². The van der Waals surface area contributed by atoms with Gasteiger partial charge in [0, 0.05) is 34.4 Å². The van der Waals surface area contributed by atoms with Crippen molar-refractivity contribution >= 4 is 38.4 Å². The van der Waals surface area contributed by atoms with Crippen molar-refractivity contribution in [3.63, 3.8) is 0 Å². The van der Waals surface area contributed by atoms with Gasteiger partial charge in [0.05, 0.1) is 40.2 Å². The number of hydrogen-bond acceptors (Lipinski definition) is 10. The van der Waals surface area contributed by atoms with Gasteiger partial charge in [-0.15, -0.1) is 0 Å². The lowest BCUT2D eigenvalue weighted by Crippen LogP contribution is -2.46. The van der Waals surface area contributed by atoms with Gasteiger partial charge in [0.25, 0.3) is 22.2 Å². The van der Waals surface area contributed by atoms with Crippen LogP contribution in [0.15, 0.2) is 31.3 Å². The van der Waals surface area contributed by atoms with Crippen LogP contribution in [0.25, 0.3) is 21.5 Å². The zero-order valence-corrected chi connectivity index (χ0v) is 22.6. The molecule has 198 valence electrons. The Labute approximate surface area is 208 Å². The van der Waals surface area contributed by atoms with Gasteiger partial charge in [0.1, 0.15) is 0 Å². The van der Waals surface area contributed by atoms with E-state index >= 15 is 0 Å². The Morgan fingerprint density at radius 3 is 1.33 bits per heavy atom. The molecule has 36 heavy (non-hydrogen) atoms. The number of aromatic nitrogens is 2. The summed E-state index contributed by atoms with van der Waals surface area (Å²) in [5.74, 6) is 0. The highest BCUT2D eigenvalue weighted by Crippen LogP contribution is 2.18. The molecule has 0 bridgehead atoms. The van der Waals surface area contributed by atoms with E-state index in [1.165, 1.54) is 33.5 Å². The third-order valence-electron chi connectivity index (χ3n) is 7.01. The molecule has 0 aliphatic rings. The fourth-order valence-electron chi connectivity index (χ4n) is 4.48. The van der Waals surface area contributed by atoms with Gasteiger partial charge in [-0.2, -0.15) is 0 Å². The zero-order valence-electron chi connectivity index (χ0n) is 20.6. The van der Waals surface area contributed by atoms with Crippen LogP contribution in [0.5, 0.6) is 0 Å². The maximum atomic E-state index is 13.0. The quantitative estimate of drug-likeness (QED) is 0.207. The molecule has 0 fully saturated rings. The van der Waals surface area contributed by atoms with Gasteiger partial charge >= 0.3 is 8.56 Å². The standard InChI is InChI=1S/C22H32N2O10Si2/c1-32-35(12-25,13-26)8-4-6-23-19(28)15-10-17-18(11-16(15)20(23)29)22(31)24(21(17)30)7-5-9-36(14-27,33-2)34-3/h10-11,25-27H,4-9,12-14H2,1-3H3. The molecule has 3 N–H and O–H groups in total. The second kappa shape index (κ2) is 11.4. The van der Waals surface area contributed by atoms with Crippen molar-refractivity contribution < 1.29 is 28.6 Å². The highest BCUT2D eigenvalue weighted by molar-refractivity contribution is 6.73. The summed E-state index contributed by atoms with van der Waals surface area (Å²) in [6.07, 6.45) is -0.131. The topological polar surface area (TPSA) is 167 Å². The normalized spacial score (nSPS) is 12.8. The van der Waals surface area contributed by atoms with Crippen LogP contribution < -0.4 is 22.2 Å². The molecule has 3 rings (SSSR count). The van der Waals surface area contributed by atoms with E-state index in [4.69, 9.17) is 13.3 Å². The van der Waals surface area contributed by atoms with Crippen LogP contribution in [0.4, 0.5) is 0 Å². The summed E-state index contributed by atoms with van der Waals surface area (Å²) in [6, 6.07) is 3.32. The van der Waals surface area contributed by atoms with Gasteiger partial charge < -0.3 is 28.6 Å². The number of benzene rings is 1. The molecule has 3 aromatic rings. The van der Waals surface area contributed by atoms with Crippen molar-refractivity contribution in [1.82, 2.24) is 9.13 Å². The highest BCUT2D eigenvalue weighted by Gasteiger charge is 2.34. The van der Waals surface area contributed by atoms with Gasteiger partial charge in [-0.05, 0) is 37.1 Å². The molecule has 0 unspecified atom stereocenters. The SMILES string of the molecule is CO[Si](CO)(CO)CCCn1c(=O)c2cc3c(=O)n(CCC[Si](CO)(OC)OC)c(=O)c3cc2c1=O. The number of aliphatic hydroxyl groups excluding tert-OH is 3. The van der Waals surface area contributed by atoms with E-state index in [2.05, 4.69) is 0 Å². The van der Waals surface area contributed by atoms with E-state index in [0.29, 0.717) is 24.9 Å². The predicted octanol–water partition coefficient (Wildman–Crippen LogP) is -1.39. The molecule has 0 radical (unpaired) electrons. The average molecular weight is 541 g/mol. The van der Waals surface area contributed by atoms with Crippen LogP contribution in [0.2, 0.25) is 12.1 Å².